The molecule has 0 saturated carbocycles. The Balaban J connectivity index is 0.000000381. The van der Waals surface area contributed by atoms with Crippen molar-refractivity contribution in [3.8, 4) is 0 Å². The Kier molecular flexibility index (Phi) is 20.5. The summed E-state index contributed by atoms with van der Waals surface area (Å²) < 4.78 is 0. The molecular weight excluding hydrogens is 770 g/mol. The summed E-state index contributed by atoms with van der Waals surface area (Å²) in [4.78, 5) is 9.12. The third-order valence-electron chi connectivity index (χ3n) is 5.81. The van der Waals surface area contributed by atoms with E-state index in [0.717, 1.165) is 10.9 Å². The summed E-state index contributed by atoms with van der Waals surface area (Å²) in [6.45, 7) is 0. The van der Waals surface area contributed by atoms with Gasteiger partial charge in [-0.3, -0.25) is 9.97 Å². The van der Waals surface area contributed by atoms with Crippen LogP contribution in [0.2, 0.25) is 0 Å². The third kappa shape index (κ3) is 11.8. The van der Waals surface area contributed by atoms with Gasteiger partial charge in [0, 0.05) is 28.2 Å². The van der Waals surface area contributed by atoms with Crippen molar-refractivity contribution in [1.29, 1.82) is 0 Å². The van der Waals surface area contributed by atoms with E-state index in [1.54, 1.807) is 0 Å². The molecule has 9 heteroatoms. The van der Waals surface area contributed by atoms with Crippen molar-refractivity contribution in [2.24, 2.45) is 0 Å². The Labute approximate surface area is 295 Å². The minimum atomic E-state index is -0.557. The Morgan fingerprint density at radius 3 is 0.814 bits per heavy atom. The molecule has 2 nitrogen and oxygen atoms in total. The summed E-state index contributed by atoms with van der Waals surface area (Å²) >= 11 is 3.35. The van der Waals surface area contributed by atoms with Crippen LogP contribution in [0.3, 0.4) is 0 Å². The molecule has 0 atom stereocenters. The van der Waals surface area contributed by atoms with Crippen molar-refractivity contribution in [3.63, 3.8) is 0 Å². The van der Waals surface area contributed by atoms with Crippen molar-refractivity contribution in [2.75, 3.05) is 0 Å². The molecule has 0 unspecified atom stereocenters. The Bertz CT molecular complexity index is 1210. The van der Waals surface area contributed by atoms with Crippen LogP contribution in [0.15, 0.2) is 170 Å². The number of nitrogens with zero attached hydrogens (tertiary/aromatic N) is 2. The molecule has 225 valence electrons. The van der Waals surface area contributed by atoms with Crippen molar-refractivity contribution < 1.29 is 59.8 Å². The van der Waals surface area contributed by atoms with Gasteiger partial charge in [0.05, 0.1) is 10.9 Å². The predicted octanol–water partition coefficient (Wildman–Crippen LogP) is 0.372. The molecule has 4 aromatic carbocycles. The van der Waals surface area contributed by atoms with Gasteiger partial charge in [0.25, 0.3) is 0 Å². The number of benzene rings is 4. The van der Waals surface area contributed by atoms with Crippen LogP contribution in [0.25, 0.3) is 0 Å². The average Bonchev–Trinajstić information content (AvgIpc) is 3.06. The molecule has 6 rings (SSSR count). The van der Waals surface area contributed by atoms with Gasteiger partial charge < -0.3 is 24.8 Å². The van der Waals surface area contributed by atoms with Gasteiger partial charge in [-0.2, -0.15) is 0 Å². The standard InChI is InChI=1S/2C17H14NP.3ClH.Ni.Pd/c2*1-3-9-15(10-4-1)19(16-11-5-2-6-12-16)17-13-7-8-14-18-17;;;;;/h2*1-14H;3*1H;;/q;;;;;+1;+2/p-3. The summed E-state index contributed by atoms with van der Waals surface area (Å²) in [5, 5.41) is 5.34. The van der Waals surface area contributed by atoms with E-state index in [4.69, 9.17) is 0 Å². The fourth-order valence-electron chi connectivity index (χ4n) is 4.11. The number of aromatic nitrogens is 2. The summed E-state index contributed by atoms with van der Waals surface area (Å²) in [5.74, 6) is 0. The first kappa shape index (κ1) is 39.1. The molecule has 0 spiro atoms. The van der Waals surface area contributed by atoms with Crippen LogP contribution in [0.4, 0.5) is 0 Å². The fourth-order valence-corrected chi connectivity index (χ4v) is 8.48. The number of hydrogen-bond donors (Lipinski definition) is 0. The van der Waals surface area contributed by atoms with Crippen LogP contribution >= 0.6 is 26.0 Å². The van der Waals surface area contributed by atoms with Gasteiger partial charge in [0.15, 0.2) is 0 Å². The SMILES string of the molecule is [Cl-].[Cl-].[Cl][Ni].[Pd+2].c1ccc(P(c2ccccc2)c2ccccn2)cc1.c1ccc(P(c2ccccc2)c2ccccn2)cc1. The van der Waals surface area contributed by atoms with E-state index in [1.165, 1.54) is 21.2 Å². The van der Waals surface area contributed by atoms with E-state index in [-0.39, 0.29) is 45.2 Å². The largest absolute Gasteiger partial charge is 2.00 e. The molecule has 0 aliphatic heterocycles. The van der Waals surface area contributed by atoms with Crippen molar-refractivity contribution >= 4 is 58.1 Å². The van der Waals surface area contributed by atoms with Gasteiger partial charge in [-0.15, -0.1) is 0 Å². The quantitative estimate of drug-likeness (QED) is 0.180. The zero-order chi connectivity index (χ0) is 27.8. The summed E-state index contributed by atoms with van der Waals surface area (Å²) in [6, 6.07) is 54.8. The molecule has 43 heavy (non-hydrogen) atoms. The molecule has 0 radical (unpaired) electrons. The second kappa shape index (κ2) is 22.6. The van der Waals surface area contributed by atoms with E-state index in [0.29, 0.717) is 0 Å². The third-order valence-corrected chi connectivity index (χ3v) is 10.5. The number of pyridine rings is 2. The number of rotatable bonds is 6. The van der Waals surface area contributed by atoms with E-state index < -0.39 is 15.8 Å². The van der Waals surface area contributed by atoms with Gasteiger partial charge in [-0.05, 0) is 45.5 Å². The molecule has 0 fully saturated rings. The summed E-state index contributed by atoms with van der Waals surface area (Å²) in [5.41, 5.74) is 2.30. The molecule has 6 aromatic rings. The van der Waals surface area contributed by atoms with E-state index in [2.05, 4.69) is 180 Å². The first-order valence-corrected chi connectivity index (χ1v) is 16.7. The normalized spacial score (nSPS) is 9.51. The van der Waals surface area contributed by atoms with Crippen LogP contribution in [-0.2, 0) is 35.0 Å². The first-order valence-electron chi connectivity index (χ1n) is 12.6. The van der Waals surface area contributed by atoms with Crippen LogP contribution < -0.4 is 56.9 Å². The van der Waals surface area contributed by atoms with E-state index in [1.807, 2.05) is 24.5 Å². The molecule has 0 aliphatic carbocycles. The van der Waals surface area contributed by atoms with Crippen molar-refractivity contribution in [2.45, 2.75) is 0 Å². The smallest absolute Gasteiger partial charge is 0.256 e. The Hall–Kier alpha value is -1.93. The Morgan fingerprint density at radius 2 is 0.605 bits per heavy atom. The second-order valence-corrected chi connectivity index (χ2v) is 12.7. The molecule has 0 bridgehead atoms. The fraction of sp³-hybridized carbons (Fsp3) is 0. The van der Waals surface area contributed by atoms with Crippen LogP contribution in [0.5, 0.6) is 0 Å². The van der Waals surface area contributed by atoms with Gasteiger partial charge in [0.1, 0.15) is 0 Å². The monoisotopic (exact) mass is 795 g/mol. The van der Waals surface area contributed by atoms with Crippen LogP contribution in [0, 0.1) is 0 Å². The molecule has 0 aliphatic rings. The van der Waals surface area contributed by atoms with E-state index in [9.17, 15) is 0 Å². The maximum absolute atomic E-state index is 4.56. The minimum absolute atomic E-state index is 0. The summed E-state index contributed by atoms with van der Waals surface area (Å²) in [7, 11) is 3.15. The Morgan fingerprint density at radius 1 is 0.372 bits per heavy atom. The molecule has 0 amide bonds. The van der Waals surface area contributed by atoms with Gasteiger partial charge >= 0.3 is 45.2 Å². The van der Waals surface area contributed by atoms with Crippen molar-refractivity contribution in [3.05, 3.63) is 170 Å². The number of hydrogen-bond acceptors (Lipinski definition) is 2. The minimum Gasteiger partial charge on any atom is -0.256 e. The van der Waals surface area contributed by atoms with Gasteiger partial charge in [-0.25, -0.2) is 0 Å². The molecule has 0 N–H and O–H groups in total. The average molecular weight is 798 g/mol. The maximum Gasteiger partial charge on any atom is 2.00 e. The molecule has 2 heterocycles. The zero-order valence-corrected chi connectivity index (χ0v) is 29.3. The molecule has 0 saturated heterocycles. The molecule has 2 aromatic heterocycles. The first-order chi connectivity index (χ1) is 19.9. The number of halogens is 3. The zero-order valence-electron chi connectivity index (χ0n) is 22.7. The van der Waals surface area contributed by atoms with Crippen molar-refractivity contribution in [1.82, 2.24) is 9.97 Å². The second-order valence-electron chi connectivity index (χ2n) is 8.39. The summed E-state index contributed by atoms with van der Waals surface area (Å²) in [6.07, 6.45) is 3.74. The topological polar surface area (TPSA) is 25.8 Å². The van der Waals surface area contributed by atoms with Gasteiger partial charge in [0.2, 0.25) is 0 Å². The van der Waals surface area contributed by atoms with Crippen LogP contribution in [-0.4, -0.2) is 9.97 Å². The maximum atomic E-state index is 4.56. The van der Waals surface area contributed by atoms with Crippen LogP contribution in [0.1, 0.15) is 0 Å². The predicted molar refractivity (Wildman–Crippen MR) is 172 cm³/mol. The van der Waals surface area contributed by atoms with E-state index >= 15 is 0 Å². The van der Waals surface area contributed by atoms with Gasteiger partial charge in [-0.1, -0.05) is 133 Å². The molecular formula is C34H28Cl3N2NiP2Pd.